The molecule has 0 bridgehead atoms. The van der Waals surface area contributed by atoms with Crippen LogP contribution >= 0.6 is 23.1 Å². The van der Waals surface area contributed by atoms with E-state index in [2.05, 4.69) is 122 Å². The molecule has 1 aliphatic heterocycles. The lowest BCUT2D eigenvalue weighted by molar-refractivity contribution is 1.13. The number of thioether (sulfide) groups is 1. The van der Waals surface area contributed by atoms with Crippen molar-refractivity contribution in [2.45, 2.75) is 30.4 Å². The molecule has 0 saturated carbocycles. The van der Waals surface area contributed by atoms with Crippen molar-refractivity contribution in [2.75, 3.05) is 5.32 Å². The molecule has 0 saturated heterocycles. The van der Waals surface area contributed by atoms with Crippen molar-refractivity contribution in [2.24, 2.45) is 0 Å². The van der Waals surface area contributed by atoms with Crippen molar-refractivity contribution < 1.29 is 0 Å². The highest BCUT2D eigenvalue weighted by Gasteiger charge is 2.32. The maximum atomic E-state index is 3.91. The Bertz CT molecular complexity index is 1500. The number of anilines is 2. The van der Waals surface area contributed by atoms with Crippen LogP contribution in [0.4, 0.5) is 11.4 Å². The monoisotopic (exact) mass is 489 g/mol. The fourth-order valence-electron chi connectivity index (χ4n) is 4.88. The molecule has 4 aromatic carbocycles. The van der Waals surface area contributed by atoms with E-state index in [4.69, 9.17) is 0 Å². The second-order valence-electron chi connectivity index (χ2n) is 9.09. The number of nitrogens with one attached hydrogen (secondary N) is 1. The summed E-state index contributed by atoms with van der Waals surface area (Å²) in [6, 6.07) is 37.3. The Morgan fingerprint density at radius 1 is 0.714 bits per heavy atom. The molecule has 0 radical (unpaired) electrons. The average molecular weight is 490 g/mol. The zero-order valence-corrected chi connectivity index (χ0v) is 21.5. The van der Waals surface area contributed by atoms with Crippen molar-refractivity contribution >= 4 is 34.5 Å². The molecule has 1 nitrogen and oxygen atoms in total. The third-order valence-corrected chi connectivity index (χ3v) is 9.38. The number of rotatable bonds is 4. The molecule has 1 N–H and O–H groups in total. The first kappa shape index (κ1) is 22.2. The van der Waals surface area contributed by atoms with E-state index < -0.39 is 0 Å². The van der Waals surface area contributed by atoms with Crippen LogP contribution in [0, 0.1) is 13.8 Å². The summed E-state index contributed by atoms with van der Waals surface area (Å²) >= 11 is 3.91. The van der Waals surface area contributed by atoms with Crippen molar-refractivity contribution in [1.82, 2.24) is 0 Å². The molecule has 1 aliphatic rings. The van der Waals surface area contributed by atoms with Gasteiger partial charge in [0, 0.05) is 26.6 Å². The van der Waals surface area contributed by atoms with Crippen LogP contribution in [0.5, 0.6) is 0 Å². The quantitative estimate of drug-likeness (QED) is 0.270. The van der Waals surface area contributed by atoms with Crippen LogP contribution in [0.1, 0.15) is 37.9 Å². The van der Waals surface area contributed by atoms with Gasteiger partial charge in [0.05, 0.1) is 16.6 Å². The molecule has 1 unspecified atom stereocenters. The van der Waals surface area contributed by atoms with Crippen molar-refractivity contribution in [3.63, 3.8) is 0 Å². The number of aryl methyl sites for hydroxylation is 2. The van der Waals surface area contributed by atoms with E-state index in [9.17, 15) is 0 Å². The maximum absolute atomic E-state index is 3.91. The van der Waals surface area contributed by atoms with Crippen LogP contribution < -0.4 is 5.32 Å². The van der Waals surface area contributed by atoms with E-state index >= 15 is 0 Å². The number of benzene rings is 4. The highest BCUT2D eigenvalue weighted by molar-refractivity contribution is 8.00. The molecular weight excluding hydrogens is 462 g/mol. The SMILES string of the molecule is Cc1ccccc1Cc1sc(-c2ccccc2)c2c1Nc1ccccc1SC2c1ccccc1C. The first-order chi connectivity index (χ1) is 17.2. The highest BCUT2D eigenvalue weighted by atomic mass is 32.2. The van der Waals surface area contributed by atoms with E-state index in [0.29, 0.717) is 0 Å². The molecule has 2 heterocycles. The molecular formula is C32H27NS2. The fraction of sp³-hybridized carbons (Fsp3) is 0.125. The molecule has 5 aromatic rings. The van der Waals surface area contributed by atoms with Crippen LogP contribution in [-0.2, 0) is 6.42 Å². The minimum absolute atomic E-state index is 0.208. The van der Waals surface area contributed by atoms with Crippen molar-refractivity contribution in [3.05, 3.63) is 136 Å². The molecule has 35 heavy (non-hydrogen) atoms. The van der Waals surface area contributed by atoms with Gasteiger partial charge in [0.25, 0.3) is 0 Å². The van der Waals surface area contributed by atoms with Gasteiger partial charge in [-0.3, -0.25) is 0 Å². The van der Waals surface area contributed by atoms with E-state index in [-0.39, 0.29) is 5.25 Å². The van der Waals surface area contributed by atoms with Crippen molar-refractivity contribution in [3.8, 4) is 10.4 Å². The topological polar surface area (TPSA) is 12.0 Å². The Labute approximate surface area is 215 Å². The Morgan fingerprint density at radius 3 is 2.20 bits per heavy atom. The predicted octanol–water partition coefficient (Wildman–Crippen LogP) is 9.56. The van der Waals surface area contributed by atoms with Gasteiger partial charge in [-0.05, 0) is 53.8 Å². The first-order valence-corrected chi connectivity index (χ1v) is 13.7. The normalized spacial score (nSPS) is 14.5. The van der Waals surface area contributed by atoms with Gasteiger partial charge >= 0.3 is 0 Å². The third-order valence-electron chi connectivity index (χ3n) is 6.79. The molecule has 6 rings (SSSR count). The minimum atomic E-state index is 0.208. The molecule has 172 valence electrons. The third kappa shape index (κ3) is 4.20. The summed E-state index contributed by atoms with van der Waals surface area (Å²) in [6.07, 6.45) is 0.923. The number of para-hydroxylation sites is 1. The minimum Gasteiger partial charge on any atom is -0.353 e. The Hall–Kier alpha value is -3.27. The summed E-state index contributed by atoms with van der Waals surface area (Å²) in [7, 11) is 0. The van der Waals surface area contributed by atoms with Gasteiger partial charge in [0.2, 0.25) is 0 Å². The second kappa shape index (κ2) is 9.41. The van der Waals surface area contributed by atoms with Gasteiger partial charge in [-0.15, -0.1) is 23.1 Å². The zero-order valence-electron chi connectivity index (χ0n) is 19.9. The molecule has 1 atom stereocenters. The van der Waals surface area contributed by atoms with Crippen LogP contribution in [0.2, 0.25) is 0 Å². The molecule has 0 aliphatic carbocycles. The van der Waals surface area contributed by atoms with Gasteiger partial charge in [-0.25, -0.2) is 0 Å². The van der Waals surface area contributed by atoms with Crippen molar-refractivity contribution in [1.29, 1.82) is 0 Å². The highest BCUT2D eigenvalue weighted by Crippen LogP contribution is 2.56. The number of hydrogen-bond donors (Lipinski definition) is 1. The number of hydrogen-bond acceptors (Lipinski definition) is 3. The molecule has 0 spiro atoms. The zero-order chi connectivity index (χ0) is 23.8. The predicted molar refractivity (Wildman–Crippen MR) is 152 cm³/mol. The first-order valence-electron chi connectivity index (χ1n) is 12.0. The fourth-order valence-corrected chi connectivity index (χ4v) is 7.68. The summed E-state index contributed by atoms with van der Waals surface area (Å²) in [5, 5.41) is 4.12. The Morgan fingerprint density at radius 2 is 1.40 bits per heavy atom. The maximum Gasteiger partial charge on any atom is 0.0632 e. The summed E-state index contributed by atoms with van der Waals surface area (Å²) in [5.41, 5.74) is 10.6. The largest absolute Gasteiger partial charge is 0.353 e. The number of thiophene rings is 1. The van der Waals surface area contributed by atoms with E-state index in [1.54, 1.807) is 0 Å². The Kier molecular flexibility index (Phi) is 5.97. The van der Waals surface area contributed by atoms with Crippen LogP contribution in [0.15, 0.2) is 108 Å². The van der Waals surface area contributed by atoms with Crippen LogP contribution in [-0.4, -0.2) is 0 Å². The molecule has 1 aromatic heterocycles. The van der Waals surface area contributed by atoms with Gasteiger partial charge in [0.15, 0.2) is 0 Å². The lowest BCUT2D eigenvalue weighted by atomic mass is 9.95. The Balaban J connectivity index is 1.62. The lowest BCUT2D eigenvalue weighted by Gasteiger charge is -2.20. The smallest absolute Gasteiger partial charge is 0.0632 e. The summed E-state index contributed by atoms with van der Waals surface area (Å²) in [4.78, 5) is 4.05. The van der Waals surface area contributed by atoms with E-state index in [0.717, 1.165) is 6.42 Å². The van der Waals surface area contributed by atoms with Gasteiger partial charge < -0.3 is 5.32 Å². The van der Waals surface area contributed by atoms with E-state index in [1.165, 1.54) is 59.4 Å². The number of fused-ring (bicyclic) bond motifs is 2. The summed E-state index contributed by atoms with van der Waals surface area (Å²) in [5.74, 6) is 0. The van der Waals surface area contributed by atoms with Crippen LogP contribution in [0.3, 0.4) is 0 Å². The second-order valence-corrected chi connectivity index (χ2v) is 11.3. The molecule has 0 fully saturated rings. The average Bonchev–Trinajstić information content (AvgIpc) is 3.13. The van der Waals surface area contributed by atoms with Gasteiger partial charge in [-0.1, -0.05) is 91.0 Å². The van der Waals surface area contributed by atoms with Gasteiger partial charge in [-0.2, -0.15) is 0 Å². The van der Waals surface area contributed by atoms with Crippen LogP contribution in [0.25, 0.3) is 10.4 Å². The molecule has 3 heteroatoms. The standard InChI is InChI=1S/C32H27NS2/c1-21-12-6-8-16-24(21)20-28-30-29(31(35-28)23-14-4-3-5-15-23)32(25-17-9-7-13-22(25)2)34-27-19-11-10-18-26(27)33-30/h3-19,32-33H,20H2,1-2H3. The summed E-state index contributed by atoms with van der Waals surface area (Å²) in [6.45, 7) is 4.46. The van der Waals surface area contributed by atoms with E-state index in [1.807, 2.05) is 23.1 Å². The lowest BCUT2D eigenvalue weighted by Crippen LogP contribution is -2.01. The molecule has 0 amide bonds. The van der Waals surface area contributed by atoms with Gasteiger partial charge in [0.1, 0.15) is 0 Å². The summed E-state index contributed by atoms with van der Waals surface area (Å²) < 4.78 is 0.